The molecule has 0 radical (unpaired) electrons. The molecule has 0 aromatic carbocycles. The van der Waals surface area contributed by atoms with Gasteiger partial charge in [0.2, 0.25) is 0 Å². The molecule has 1 saturated carbocycles. The number of hydrogen-bond acceptors (Lipinski definition) is 3. The summed E-state index contributed by atoms with van der Waals surface area (Å²) in [7, 11) is 1.73. The SMILES string of the molecule is COC[C@H](C)NC1CCC(O)CC1. The van der Waals surface area contributed by atoms with E-state index < -0.39 is 0 Å². The lowest BCUT2D eigenvalue weighted by Crippen LogP contribution is -2.41. The van der Waals surface area contributed by atoms with Gasteiger partial charge < -0.3 is 15.2 Å². The first-order valence-corrected chi connectivity index (χ1v) is 5.15. The highest BCUT2D eigenvalue weighted by Crippen LogP contribution is 2.18. The fraction of sp³-hybridized carbons (Fsp3) is 1.00. The first-order valence-electron chi connectivity index (χ1n) is 5.15. The van der Waals surface area contributed by atoms with Crippen LogP contribution < -0.4 is 5.32 Å². The van der Waals surface area contributed by atoms with E-state index in [9.17, 15) is 5.11 Å². The average molecular weight is 187 g/mol. The topological polar surface area (TPSA) is 41.5 Å². The van der Waals surface area contributed by atoms with Crippen molar-refractivity contribution >= 4 is 0 Å². The highest BCUT2D eigenvalue weighted by atomic mass is 16.5. The van der Waals surface area contributed by atoms with E-state index in [1.807, 2.05) is 0 Å². The Labute approximate surface area is 80.5 Å². The Bertz CT molecular complexity index is 133. The molecule has 0 heterocycles. The Morgan fingerprint density at radius 2 is 2.00 bits per heavy atom. The monoisotopic (exact) mass is 187 g/mol. The third-order valence-corrected chi connectivity index (χ3v) is 2.63. The van der Waals surface area contributed by atoms with Crippen LogP contribution in [0.1, 0.15) is 32.6 Å². The fourth-order valence-corrected chi connectivity index (χ4v) is 1.94. The molecule has 13 heavy (non-hydrogen) atoms. The van der Waals surface area contributed by atoms with Crippen molar-refractivity contribution in [3.8, 4) is 0 Å². The third kappa shape index (κ3) is 4.07. The molecule has 1 fully saturated rings. The third-order valence-electron chi connectivity index (χ3n) is 2.63. The number of aliphatic hydroxyl groups is 1. The van der Waals surface area contributed by atoms with E-state index in [1.54, 1.807) is 7.11 Å². The van der Waals surface area contributed by atoms with E-state index in [2.05, 4.69) is 12.2 Å². The van der Waals surface area contributed by atoms with Crippen LogP contribution in [0.2, 0.25) is 0 Å². The molecule has 1 aliphatic rings. The van der Waals surface area contributed by atoms with Crippen LogP contribution in [0, 0.1) is 0 Å². The zero-order valence-corrected chi connectivity index (χ0v) is 8.62. The van der Waals surface area contributed by atoms with Gasteiger partial charge in [0.1, 0.15) is 0 Å². The zero-order chi connectivity index (χ0) is 9.68. The molecular weight excluding hydrogens is 166 g/mol. The van der Waals surface area contributed by atoms with Gasteiger partial charge in [-0.2, -0.15) is 0 Å². The number of methoxy groups -OCH3 is 1. The number of ether oxygens (including phenoxy) is 1. The maximum Gasteiger partial charge on any atom is 0.0613 e. The van der Waals surface area contributed by atoms with Crippen LogP contribution >= 0.6 is 0 Å². The Hall–Kier alpha value is -0.120. The second-order valence-corrected chi connectivity index (χ2v) is 4.03. The Kier molecular flexibility index (Phi) is 4.70. The van der Waals surface area contributed by atoms with Gasteiger partial charge in [0.05, 0.1) is 12.7 Å². The van der Waals surface area contributed by atoms with E-state index in [0.29, 0.717) is 12.1 Å². The first kappa shape index (κ1) is 11.0. The van der Waals surface area contributed by atoms with Gasteiger partial charge in [-0.15, -0.1) is 0 Å². The second kappa shape index (κ2) is 5.58. The van der Waals surface area contributed by atoms with Gasteiger partial charge in [-0.3, -0.25) is 0 Å². The molecule has 0 aromatic rings. The van der Waals surface area contributed by atoms with E-state index in [0.717, 1.165) is 32.3 Å². The number of rotatable bonds is 4. The molecule has 78 valence electrons. The number of aliphatic hydroxyl groups excluding tert-OH is 1. The van der Waals surface area contributed by atoms with Crippen LogP contribution in [-0.4, -0.2) is 37.0 Å². The average Bonchev–Trinajstić information content (AvgIpc) is 2.09. The summed E-state index contributed by atoms with van der Waals surface area (Å²) < 4.78 is 5.05. The van der Waals surface area contributed by atoms with Gasteiger partial charge in [-0.05, 0) is 32.6 Å². The summed E-state index contributed by atoms with van der Waals surface area (Å²) in [6, 6.07) is 0.999. The van der Waals surface area contributed by atoms with Gasteiger partial charge in [-0.25, -0.2) is 0 Å². The summed E-state index contributed by atoms with van der Waals surface area (Å²) >= 11 is 0. The van der Waals surface area contributed by atoms with E-state index in [4.69, 9.17) is 4.74 Å². The summed E-state index contributed by atoms with van der Waals surface area (Å²) in [6.45, 7) is 2.90. The molecule has 1 atom stereocenters. The lowest BCUT2D eigenvalue weighted by atomic mass is 9.93. The maximum absolute atomic E-state index is 9.31. The normalized spacial score (nSPS) is 31.6. The van der Waals surface area contributed by atoms with Crippen LogP contribution in [0.15, 0.2) is 0 Å². The molecule has 0 aliphatic heterocycles. The fourth-order valence-electron chi connectivity index (χ4n) is 1.94. The summed E-state index contributed by atoms with van der Waals surface area (Å²) in [4.78, 5) is 0. The van der Waals surface area contributed by atoms with Crippen LogP contribution in [0.3, 0.4) is 0 Å². The Balaban J connectivity index is 2.14. The highest BCUT2D eigenvalue weighted by molar-refractivity contribution is 4.78. The Morgan fingerprint density at radius 3 is 2.54 bits per heavy atom. The number of nitrogens with one attached hydrogen (secondary N) is 1. The quantitative estimate of drug-likeness (QED) is 0.687. The van der Waals surface area contributed by atoms with Crippen molar-refractivity contribution in [2.45, 2.75) is 50.8 Å². The molecule has 0 aromatic heterocycles. The van der Waals surface area contributed by atoms with E-state index in [1.165, 1.54) is 0 Å². The second-order valence-electron chi connectivity index (χ2n) is 4.03. The smallest absolute Gasteiger partial charge is 0.0613 e. The van der Waals surface area contributed by atoms with Crippen molar-refractivity contribution in [3.05, 3.63) is 0 Å². The molecule has 3 heteroatoms. The summed E-state index contributed by atoms with van der Waals surface area (Å²) in [5, 5.41) is 12.8. The van der Waals surface area contributed by atoms with Crippen molar-refractivity contribution in [1.82, 2.24) is 5.32 Å². The van der Waals surface area contributed by atoms with Gasteiger partial charge in [0, 0.05) is 19.2 Å². The van der Waals surface area contributed by atoms with E-state index >= 15 is 0 Å². The minimum atomic E-state index is -0.0595. The molecule has 0 saturated heterocycles. The lowest BCUT2D eigenvalue weighted by molar-refractivity contribution is 0.107. The molecule has 2 N–H and O–H groups in total. The molecule has 0 amide bonds. The lowest BCUT2D eigenvalue weighted by Gasteiger charge is -2.28. The molecule has 0 bridgehead atoms. The van der Waals surface area contributed by atoms with Crippen molar-refractivity contribution in [1.29, 1.82) is 0 Å². The number of hydrogen-bond donors (Lipinski definition) is 2. The van der Waals surface area contributed by atoms with Crippen LogP contribution in [0.4, 0.5) is 0 Å². The first-order chi connectivity index (χ1) is 6.22. The minimum absolute atomic E-state index is 0.0595. The van der Waals surface area contributed by atoms with Crippen LogP contribution in [0.5, 0.6) is 0 Å². The molecule has 0 spiro atoms. The standard InChI is InChI=1S/C10H21NO2/c1-8(7-13-2)11-9-3-5-10(12)6-4-9/h8-12H,3-7H2,1-2H3/t8-,9?,10?/m0/s1. The van der Waals surface area contributed by atoms with Gasteiger partial charge in [0.25, 0.3) is 0 Å². The van der Waals surface area contributed by atoms with Crippen LogP contribution in [0.25, 0.3) is 0 Å². The van der Waals surface area contributed by atoms with Crippen molar-refractivity contribution in [2.75, 3.05) is 13.7 Å². The predicted molar refractivity (Wildman–Crippen MR) is 52.7 cm³/mol. The van der Waals surface area contributed by atoms with E-state index in [-0.39, 0.29) is 6.10 Å². The maximum atomic E-state index is 9.31. The minimum Gasteiger partial charge on any atom is -0.393 e. The van der Waals surface area contributed by atoms with Gasteiger partial charge >= 0.3 is 0 Å². The molecule has 1 rings (SSSR count). The predicted octanol–water partition coefficient (Wildman–Crippen LogP) is 0.914. The molecular formula is C10H21NO2. The Morgan fingerprint density at radius 1 is 1.38 bits per heavy atom. The van der Waals surface area contributed by atoms with Gasteiger partial charge in [-0.1, -0.05) is 0 Å². The summed E-state index contributed by atoms with van der Waals surface area (Å²) in [6.07, 6.45) is 4.01. The van der Waals surface area contributed by atoms with Crippen molar-refractivity contribution in [2.24, 2.45) is 0 Å². The van der Waals surface area contributed by atoms with Crippen molar-refractivity contribution in [3.63, 3.8) is 0 Å². The van der Waals surface area contributed by atoms with Gasteiger partial charge in [0.15, 0.2) is 0 Å². The largest absolute Gasteiger partial charge is 0.393 e. The molecule has 3 nitrogen and oxygen atoms in total. The van der Waals surface area contributed by atoms with Crippen LogP contribution in [-0.2, 0) is 4.74 Å². The van der Waals surface area contributed by atoms with Crippen molar-refractivity contribution < 1.29 is 9.84 Å². The summed E-state index contributed by atoms with van der Waals surface area (Å²) in [5.41, 5.74) is 0. The zero-order valence-electron chi connectivity index (χ0n) is 8.62. The summed E-state index contributed by atoms with van der Waals surface area (Å²) in [5.74, 6) is 0. The highest BCUT2D eigenvalue weighted by Gasteiger charge is 2.20. The molecule has 0 unspecified atom stereocenters. The molecule has 1 aliphatic carbocycles.